The van der Waals surface area contributed by atoms with E-state index in [1.807, 2.05) is 20.8 Å². The Morgan fingerprint density at radius 1 is 1.44 bits per heavy atom. The van der Waals surface area contributed by atoms with Gasteiger partial charge in [-0.25, -0.2) is 4.79 Å². The molecule has 2 rings (SSSR count). The van der Waals surface area contributed by atoms with Crippen LogP contribution in [-0.4, -0.2) is 41.2 Å². The Labute approximate surface area is 108 Å². The zero-order valence-corrected chi connectivity index (χ0v) is 11.4. The molecule has 0 bridgehead atoms. The van der Waals surface area contributed by atoms with Crippen molar-refractivity contribution in [3.05, 3.63) is 0 Å². The maximum Gasteiger partial charge on any atom is 0.407 e. The molecule has 1 atom stereocenters. The summed E-state index contributed by atoms with van der Waals surface area (Å²) in [6.45, 7) is 6.21. The molecule has 0 radical (unpaired) electrons. The molecule has 1 saturated carbocycles. The van der Waals surface area contributed by atoms with E-state index in [9.17, 15) is 9.90 Å². The van der Waals surface area contributed by atoms with Crippen LogP contribution in [0.25, 0.3) is 0 Å². The SMILES string of the molecule is CC(C)(C)OC(=O)NC1CC2(C1)OCCCC2O. The van der Waals surface area contributed by atoms with Gasteiger partial charge in [-0.05, 0) is 46.5 Å². The van der Waals surface area contributed by atoms with E-state index in [1.54, 1.807) is 0 Å². The summed E-state index contributed by atoms with van der Waals surface area (Å²) in [7, 11) is 0. The van der Waals surface area contributed by atoms with Crippen LogP contribution in [0.15, 0.2) is 0 Å². The molecule has 1 spiro atoms. The third-order valence-electron chi connectivity index (χ3n) is 3.52. The second-order valence-corrected chi connectivity index (χ2v) is 6.32. The molecule has 1 amide bonds. The summed E-state index contributed by atoms with van der Waals surface area (Å²) in [4.78, 5) is 11.6. The number of rotatable bonds is 1. The standard InChI is InChI=1S/C13H23NO4/c1-12(2,3)18-11(16)14-9-7-13(8-9)10(15)5-4-6-17-13/h9-10,15H,4-8H2,1-3H3,(H,14,16). The number of alkyl carbamates (subject to hydrolysis) is 1. The zero-order chi connectivity index (χ0) is 13.4. The molecule has 2 aliphatic rings. The van der Waals surface area contributed by atoms with Crippen molar-refractivity contribution in [3.8, 4) is 0 Å². The van der Waals surface area contributed by atoms with Crippen molar-refractivity contribution in [2.24, 2.45) is 0 Å². The summed E-state index contributed by atoms with van der Waals surface area (Å²) in [6, 6.07) is 0.0487. The van der Waals surface area contributed by atoms with Gasteiger partial charge in [0.2, 0.25) is 0 Å². The van der Waals surface area contributed by atoms with Gasteiger partial charge in [0.15, 0.2) is 0 Å². The van der Waals surface area contributed by atoms with Crippen LogP contribution in [0.2, 0.25) is 0 Å². The smallest absolute Gasteiger partial charge is 0.407 e. The van der Waals surface area contributed by atoms with Gasteiger partial charge in [-0.3, -0.25) is 0 Å². The first kappa shape index (κ1) is 13.6. The molecule has 0 aromatic heterocycles. The van der Waals surface area contributed by atoms with E-state index in [0.29, 0.717) is 19.4 Å². The van der Waals surface area contributed by atoms with E-state index in [0.717, 1.165) is 12.8 Å². The van der Waals surface area contributed by atoms with Crippen LogP contribution < -0.4 is 5.32 Å². The number of carbonyl (C=O) groups is 1. The lowest BCUT2D eigenvalue weighted by Crippen LogP contribution is -2.63. The molecule has 104 valence electrons. The fourth-order valence-electron chi connectivity index (χ4n) is 2.65. The zero-order valence-electron chi connectivity index (χ0n) is 11.4. The number of nitrogens with one attached hydrogen (secondary N) is 1. The summed E-state index contributed by atoms with van der Waals surface area (Å²) < 4.78 is 10.9. The van der Waals surface area contributed by atoms with E-state index in [-0.39, 0.29) is 6.04 Å². The predicted molar refractivity (Wildman–Crippen MR) is 66.3 cm³/mol. The first-order valence-electron chi connectivity index (χ1n) is 6.62. The van der Waals surface area contributed by atoms with Crippen LogP contribution in [0.3, 0.4) is 0 Å². The summed E-state index contributed by atoms with van der Waals surface area (Å²) in [5.74, 6) is 0. The molecule has 1 unspecified atom stereocenters. The highest BCUT2D eigenvalue weighted by Gasteiger charge is 2.52. The Balaban J connectivity index is 1.77. The van der Waals surface area contributed by atoms with Crippen molar-refractivity contribution in [1.29, 1.82) is 0 Å². The van der Waals surface area contributed by atoms with Crippen molar-refractivity contribution in [3.63, 3.8) is 0 Å². The van der Waals surface area contributed by atoms with Crippen LogP contribution >= 0.6 is 0 Å². The van der Waals surface area contributed by atoms with Crippen molar-refractivity contribution < 1.29 is 19.4 Å². The number of aliphatic hydroxyl groups excluding tert-OH is 1. The quantitative estimate of drug-likeness (QED) is 0.748. The minimum Gasteiger partial charge on any atom is -0.444 e. The van der Waals surface area contributed by atoms with Crippen LogP contribution in [-0.2, 0) is 9.47 Å². The van der Waals surface area contributed by atoms with E-state index in [1.165, 1.54) is 0 Å². The molecule has 0 aromatic rings. The summed E-state index contributed by atoms with van der Waals surface area (Å²) >= 11 is 0. The van der Waals surface area contributed by atoms with Crippen LogP contribution in [0.1, 0.15) is 46.5 Å². The third kappa shape index (κ3) is 2.95. The maximum atomic E-state index is 11.6. The van der Waals surface area contributed by atoms with Gasteiger partial charge in [-0.2, -0.15) is 0 Å². The molecule has 2 N–H and O–H groups in total. The first-order chi connectivity index (χ1) is 8.31. The number of aliphatic hydroxyl groups is 1. The highest BCUT2D eigenvalue weighted by atomic mass is 16.6. The topological polar surface area (TPSA) is 67.8 Å². The lowest BCUT2D eigenvalue weighted by atomic mass is 9.70. The monoisotopic (exact) mass is 257 g/mol. The normalized spacial score (nSPS) is 36.0. The number of carbonyl (C=O) groups excluding carboxylic acids is 1. The molecular formula is C13H23NO4. The molecule has 1 saturated heterocycles. The molecule has 1 heterocycles. The van der Waals surface area contributed by atoms with Crippen LogP contribution in [0, 0.1) is 0 Å². The van der Waals surface area contributed by atoms with E-state index in [2.05, 4.69) is 5.32 Å². The van der Waals surface area contributed by atoms with Gasteiger partial charge in [0.05, 0.1) is 11.7 Å². The van der Waals surface area contributed by atoms with Crippen molar-refractivity contribution in [1.82, 2.24) is 5.32 Å². The maximum absolute atomic E-state index is 11.6. The Morgan fingerprint density at radius 2 is 2.11 bits per heavy atom. The van der Waals surface area contributed by atoms with Crippen molar-refractivity contribution in [2.75, 3.05) is 6.61 Å². The Hall–Kier alpha value is -0.810. The fraction of sp³-hybridized carbons (Fsp3) is 0.923. The van der Waals surface area contributed by atoms with Gasteiger partial charge in [-0.15, -0.1) is 0 Å². The average Bonchev–Trinajstić information content (AvgIpc) is 2.16. The van der Waals surface area contributed by atoms with Gasteiger partial charge in [0.25, 0.3) is 0 Å². The molecule has 18 heavy (non-hydrogen) atoms. The van der Waals surface area contributed by atoms with Gasteiger partial charge in [0.1, 0.15) is 5.60 Å². The molecule has 0 aromatic carbocycles. The minimum atomic E-state index is -0.480. The molecule has 5 nitrogen and oxygen atoms in total. The Morgan fingerprint density at radius 3 is 2.67 bits per heavy atom. The molecular weight excluding hydrogens is 234 g/mol. The Kier molecular flexibility index (Phi) is 3.56. The second kappa shape index (κ2) is 4.70. The van der Waals surface area contributed by atoms with E-state index < -0.39 is 23.4 Å². The summed E-state index contributed by atoms with van der Waals surface area (Å²) in [6.07, 6.45) is 2.25. The third-order valence-corrected chi connectivity index (χ3v) is 3.52. The Bertz CT molecular complexity index is 317. The summed E-state index contributed by atoms with van der Waals surface area (Å²) in [5, 5.41) is 12.8. The van der Waals surface area contributed by atoms with Crippen molar-refractivity contribution in [2.45, 2.75) is 69.8 Å². The highest BCUT2D eigenvalue weighted by Crippen LogP contribution is 2.42. The number of amides is 1. The average molecular weight is 257 g/mol. The number of ether oxygens (including phenoxy) is 2. The predicted octanol–water partition coefficient (Wildman–Crippen LogP) is 1.58. The van der Waals surface area contributed by atoms with Gasteiger partial charge >= 0.3 is 6.09 Å². The largest absolute Gasteiger partial charge is 0.444 e. The van der Waals surface area contributed by atoms with E-state index >= 15 is 0 Å². The lowest BCUT2D eigenvalue weighted by molar-refractivity contribution is -0.202. The van der Waals surface area contributed by atoms with Gasteiger partial charge in [0, 0.05) is 12.6 Å². The fourth-order valence-corrected chi connectivity index (χ4v) is 2.65. The molecule has 5 heteroatoms. The minimum absolute atomic E-state index is 0.0487. The molecule has 1 aliphatic carbocycles. The first-order valence-corrected chi connectivity index (χ1v) is 6.62. The van der Waals surface area contributed by atoms with Crippen molar-refractivity contribution >= 4 is 6.09 Å². The highest BCUT2D eigenvalue weighted by molar-refractivity contribution is 5.68. The van der Waals surface area contributed by atoms with Crippen LogP contribution in [0.4, 0.5) is 4.79 Å². The van der Waals surface area contributed by atoms with E-state index in [4.69, 9.17) is 9.47 Å². The lowest BCUT2D eigenvalue weighted by Gasteiger charge is -2.52. The van der Waals surface area contributed by atoms with Gasteiger partial charge in [-0.1, -0.05) is 0 Å². The van der Waals surface area contributed by atoms with Gasteiger partial charge < -0.3 is 19.9 Å². The number of hydrogen-bond acceptors (Lipinski definition) is 4. The van der Waals surface area contributed by atoms with Crippen LogP contribution in [0.5, 0.6) is 0 Å². The molecule has 1 aliphatic heterocycles. The second-order valence-electron chi connectivity index (χ2n) is 6.32. The molecule has 2 fully saturated rings. The number of hydrogen-bond donors (Lipinski definition) is 2. The summed E-state index contributed by atoms with van der Waals surface area (Å²) in [5.41, 5.74) is -0.899.